The maximum absolute atomic E-state index is 12.5. The number of benzene rings is 1. The molecule has 0 spiro atoms. The Morgan fingerprint density at radius 3 is 2.61 bits per heavy atom. The zero-order chi connectivity index (χ0) is 16.4. The number of amidine groups is 1. The standard InChI is InChI=1S/C17H18N4O2/c1-20-15-14(16(22)21(2)17(20)23)13(9-11-19-15)18-10-8-12-6-4-3-5-7-12/h3-7,9,11,14H,8,10H2,1-2H3/p+1. The Morgan fingerprint density at radius 2 is 1.87 bits per heavy atom. The highest BCUT2D eigenvalue weighted by Crippen LogP contribution is 2.17. The second kappa shape index (κ2) is 6.16. The van der Waals surface area contributed by atoms with Crippen LogP contribution in [0.1, 0.15) is 5.56 Å². The highest BCUT2D eigenvalue weighted by molar-refractivity contribution is 6.30. The largest absolute Gasteiger partial charge is 0.417 e. The van der Waals surface area contributed by atoms with Gasteiger partial charge in [-0.2, -0.15) is 4.90 Å². The van der Waals surface area contributed by atoms with Crippen LogP contribution in [0.25, 0.3) is 0 Å². The lowest BCUT2D eigenvalue weighted by molar-refractivity contribution is -0.382. The molecule has 2 heterocycles. The Hall–Kier alpha value is -2.76. The van der Waals surface area contributed by atoms with Crippen LogP contribution in [0, 0.1) is 5.92 Å². The van der Waals surface area contributed by atoms with E-state index in [9.17, 15) is 9.59 Å². The minimum Gasteiger partial charge on any atom is -0.288 e. The minimum atomic E-state index is -0.538. The van der Waals surface area contributed by atoms with Gasteiger partial charge >= 0.3 is 6.03 Å². The maximum Gasteiger partial charge on any atom is 0.417 e. The van der Waals surface area contributed by atoms with Gasteiger partial charge in [0.05, 0.1) is 19.0 Å². The highest BCUT2D eigenvalue weighted by Gasteiger charge is 2.49. The van der Waals surface area contributed by atoms with E-state index in [1.165, 1.54) is 17.5 Å². The number of nitrogens with one attached hydrogen (secondary N) is 1. The molecule has 1 atom stereocenters. The van der Waals surface area contributed by atoms with Crippen LogP contribution in [0.2, 0.25) is 0 Å². The first-order chi connectivity index (χ1) is 11.1. The molecule has 0 saturated carbocycles. The molecule has 3 amide bonds. The number of amides is 3. The molecule has 0 bridgehead atoms. The number of carbonyl (C=O) groups excluding carboxylic acids is 2. The van der Waals surface area contributed by atoms with Crippen molar-refractivity contribution < 1.29 is 14.6 Å². The van der Waals surface area contributed by atoms with Crippen molar-refractivity contribution in [3.05, 3.63) is 48.2 Å². The molecule has 2 aliphatic rings. The van der Waals surface area contributed by atoms with Gasteiger partial charge in [0.1, 0.15) is 0 Å². The van der Waals surface area contributed by atoms with Crippen molar-refractivity contribution in [2.75, 3.05) is 20.6 Å². The first-order valence-electron chi connectivity index (χ1n) is 7.53. The first kappa shape index (κ1) is 15.1. The summed E-state index contributed by atoms with van der Waals surface area (Å²) < 4.78 is 0. The molecule has 1 aromatic rings. The van der Waals surface area contributed by atoms with E-state index in [1.54, 1.807) is 19.3 Å². The number of aliphatic imine (C=N–C) groups is 1. The molecule has 1 fully saturated rings. The molecule has 118 valence electrons. The zero-order valence-electron chi connectivity index (χ0n) is 13.2. The van der Waals surface area contributed by atoms with Crippen LogP contribution in [-0.2, 0) is 11.2 Å². The second-order valence-electron chi connectivity index (χ2n) is 5.58. The van der Waals surface area contributed by atoms with E-state index in [4.69, 9.17) is 0 Å². The predicted molar refractivity (Wildman–Crippen MR) is 87.0 cm³/mol. The van der Waals surface area contributed by atoms with Gasteiger partial charge in [0.25, 0.3) is 11.7 Å². The fraction of sp³-hybridized carbons (Fsp3) is 0.294. The molecule has 6 heteroatoms. The van der Waals surface area contributed by atoms with Crippen molar-refractivity contribution in [2.45, 2.75) is 6.42 Å². The molecule has 2 aliphatic heterocycles. The highest BCUT2D eigenvalue weighted by atomic mass is 16.2. The predicted octanol–water partition coefficient (Wildman–Crippen LogP) is -0.183. The summed E-state index contributed by atoms with van der Waals surface area (Å²) in [6.45, 7) is 0.599. The van der Waals surface area contributed by atoms with Gasteiger partial charge < -0.3 is 0 Å². The van der Waals surface area contributed by atoms with Gasteiger partial charge in [-0.25, -0.2) is 14.7 Å². The first-order valence-corrected chi connectivity index (χ1v) is 7.53. The van der Waals surface area contributed by atoms with Crippen molar-refractivity contribution in [1.82, 2.24) is 9.80 Å². The fourth-order valence-corrected chi connectivity index (χ4v) is 2.78. The van der Waals surface area contributed by atoms with Gasteiger partial charge in [0, 0.05) is 13.6 Å². The number of allylic oxidation sites excluding steroid dienone is 1. The summed E-state index contributed by atoms with van der Waals surface area (Å²) in [4.78, 5) is 34.7. The third-order valence-corrected chi connectivity index (χ3v) is 4.10. The van der Waals surface area contributed by atoms with Gasteiger partial charge in [0.2, 0.25) is 0 Å². The van der Waals surface area contributed by atoms with Gasteiger partial charge in [-0.1, -0.05) is 30.3 Å². The number of urea groups is 1. The molecule has 0 radical (unpaired) electrons. The SMILES string of the molecule is CN1C(=O)C2C(=NCCc3ccccc3)C=C[NH+]=C2N(C)C1=O. The summed E-state index contributed by atoms with van der Waals surface area (Å²) in [5.41, 5.74) is 1.89. The average Bonchev–Trinajstić information content (AvgIpc) is 2.59. The lowest BCUT2D eigenvalue weighted by atomic mass is 9.95. The van der Waals surface area contributed by atoms with Crippen molar-refractivity contribution >= 4 is 23.5 Å². The van der Waals surface area contributed by atoms with Crippen LogP contribution in [0.5, 0.6) is 0 Å². The van der Waals surface area contributed by atoms with E-state index in [0.717, 1.165) is 11.3 Å². The molecule has 1 saturated heterocycles. The quantitative estimate of drug-likeness (QED) is 0.841. The second-order valence-corrected chi connectivity index (χ2v) is 5.58. The Labute approximate surface area is 134 Å². The Kier molecular flexibility index (Phi) is 4.06. The third kappa shape index (κ3) is 2.79. The molecule has 1 aromatic carbocycles. The summed E-state index contributed by atoms with van der Waals surface area (Å²) in [7, 11) is 3.15. The molecular weight excluding hydrogens is 292 g/mol. The molecule has 23 heavy (non-hydrogen) atoms. The van der Waals surface area contributed by atoms with Gasteiger partial charge in [-0.15, -0.1) is 0 Å². The summed E-state index contributed by atoms with van der Waals surface area (Å²) >= 11 is 0. The van der Waals surface area contributed by atoms with Crippen molar-refractivity contribution in [3.8, 4) is 0 Å². The number of carbonyl (C=O) groups is 2. The summed E-state index contributed by atoms with van der Waals surface area (Å²) in [5.74, 6) is -0.221. The smallest absolute Gasteiger partial charge is 0.288 e. The molecular formula is C17H19N4O2+. The Bertz CT molecular complexity index is 721. The van der Waals surface area contributed by atoms with E-state index < -0.39 is 5.92 Å². The Morgan fingerprint density at radius 1 is 1.13 bits per heavy atom. The molecule has 1 N–H and O–H groups in total. The number of hydrogen-bond donors (Lipinski definition) is 1. The van der Waals surface area contributed by atoms with Crippen molar-refractivity contribution in [2.24, 2.45) is 10.9 Å². The van der Waals surface area contributed by atoms with Crippen LogP contribution in [0.4, 0.5) is 4.79 Å². The molecule has 6 nitrogen and oxygen atoms in total. The zero-order valence-corrected chi connectivity index (χ0v) is 13.2. The van der Waals surface area contributed by atoms with E-state index >= 15 is 0 Å². The van der Waals surface area contributed by atoms with Crippen molar-refractivity contribution in [3.63, 3.8) is 0 Å². The maximum atomic E-state index is 12.5. The normalized spacial score (nSPS) is 22.4. The third-order valence-electron chi connectivity index (χ3n) is 4.10. The number of nitrogens with zero attached hydrogens (tertiary/aromatic N) is 3. The van der Waals surface area contributed by atoms with Crippen LogP contribution < -0.4 is 4.99 Å². The number of rotatable bonds is 3. The van der Waals surface area contributed by atoms with E-state index in [1.807, 2.05) is 18.2 Å². The van der Waals surface area contributed by atoms with Crippen LogP contribution in [0.15, 0.2) is 47.6 Å². The molecule has 3 rings (SSSR count). The van der Waals surface area contributed by atoms with Gasteiger partial charge in [-0.3, -0.25) is 9.79 Å². The average molecular weight is 311 g/mol. The number of hydrogen-bond acceptors (Lipinski definition) is 3. The van der Waals surface area contributed by atoms with Crippen LogP contribution in [0.3, 0.4) is 0 Å². The topological polar surface area (TPSA) is 67.0 Å². The van der Waals surface area contributed by atoms with Crippen molar-refractivity contribution in [1.29, 1.82) is 0 Å². The number of fused-ring (bicyclic) bond motifs is 1. The number of imide groups is 1. The lowest BCUT2D eigenvalue weighted by Gasteiger charge is -2.31. The summed E-state index contributed by atoms with van der Waals surface area (Å²) in [5, 5.41) is 0. The van der Waals surface area contributed by atoms with Gasteiger partial charge in [-0.05, 0) is 18.1 Å². The van der Waals surface area contributed by atoms with E-state index in [-0.39, 0.29) is 11.9 Å². The minimum absolute atomic E-state index is 0.251. The monoisotopic (exact) mass is 311 g/mol. The lowest BCUT2D eigenvalue weighted by Crippen LogP contribution is -2.79. The van der Waals surface area contributed by atoms with Crippen LogP contribution >= 0.6 is 0 Å². The molecule has 1 unspecified atom stereocenters. The summed E-state index contributed by atoms with van der Waals surface area (Å²) in [6.07, 6.45) is 4.33. The van der Waals surface area contributed by atoms with Crippen LogP contribution in [-0.4, -0.2) is 53.9 Å². The van der Waals surface area contributed by atoms with Gasteiger partial charge in [0.15, 0.2) is 5.92 Å². The van der Waals surface area contributed by atoms with E-state index in [2.05, 4.69) is 22.1 Å². The molecule has 0 aromatic heterocycles. The molecule has 0 aliphatic carbocycles. The Balaban J connectivity index is 1.79. The summed E-state index contributed by atoms with van der Waals surface area (Å²) in [6, 6.07) is 9.75. The fourth-order valence-electron chi connectivity index (χ4n) is 2.78. The van der Waals surface area contributed by atoms with E-state index in [0.29, 0.717) is 18.1 Å².